The number of thiazole rings is 1. The van der Waals surface area contributed by atoms with Crippen LogP contribution in [0, 0.1) is 23.3 Å². The second-order valence-corrected chi connectivity index (χ2v) is 8.51. The number of aromatic nitrogens is 1. The first kappa shape index (κ1) is 19.6. The van der Waals surface area contributed by atoms with Crippen LogP contribution >= 0.6 is 23.1 Å². The molecule has 1 amide bonds. The van der Waals surface area contributed by atoms with E-state index in [2.05, 4.69) is 4.98 Å². The van der Waals surface area contributed by atoms with E-state index in [1.165, 1.54) is 17.0 Å². The lowest BCUT2D eigenvalue weighted by molar-refractivity contribution is -0.138. The maximum atomic E-state index is 14.0. The number of amides is 1. The van der Waals surface area contributed by atoms with E-state index >= 15 is 0 Å². The largest absolute Gasteiger partial charge is 0.481 e. The van der Waals surface area contributed by atoms with E-state index in [1.54, 1.807) is 0 Å². The molecule has 3 aromatic rings. The van der Waals surface area contributed by atoms with E-state index in [9.17, 15) is 27.2 Å². The van der Waals surface area contributed by atoms with Gasteiger partial charge in [-0.1, -0.05) is 0 Å². The number of carbonyl (C=O) groups is 2. The minimum absolute atomic E-state index is 0.119. The van der Waals surface area contributed by atoms with Gasteiger partial charge in [0.05, 0.1) is 28.6 Å². The van der Waals surface area contributed by atoms with E-state index in [1.807, 2.05) is 0 Å². The molecule has 0 saturated heterocycles. The Balaban J connectivity index is 1.76. The molecule has 1 aliphatic heterocycles. The molecule has 5 nitrogen and oxygen atoms in total. The predicted molar refractivity (Wildman–Crippen MR) is 99.0 cm³/mol. The van der Waals surface area contributed by atoms with E-state index in [0.717, 1.165) is 29.2 Å². The van der Waals surface area contributed by atoms with E-state index in [-0.39, 0.29) is 16.3 Å². The van der Waals surface area contributed by atoms with Gasteiger partial charge < -0.3 is 10.0 Å². The van der Waals surface area contributed by atoms with Crippen molar-refractivity contribution in [1.29, 1.82) is 0 Å². The summed E-state index contributed by atoms with van der Waals surface area (Å²) in [4.78, 5) is 29.4. The van der Waals surface area contributed by atoms with Crippen LogP contribution in [0.1, 0.15) is 11.4 Å². The zero-order valence-electron chi connectivity index (χ0n) is 14.3. The van der Waals surface area contributed by atoms with Crippen LogP contribution in [0.15, 0.2) is 29.2 Å². The number of carbonyl (C=O) groups excluding carboxylic acids is 1. The van der Waals surface area contributed by atoms with Gasteiger partial charge in [-0.2, -0.15) is 0 Å². The highest BCUT2D eigenvalue weighted by atomic mass is 32.2. The molecule has 0 spiro atoms. The molecule has 1 atom stereocenters. The lowest BCUT2D eigenvalue weighted by Crippen LogP contribution is -2.41. The van der Waals surface area contributed by atoms with Gasteiger partial charge in [-0.25, -0.2) is 22.5 Å². The SMILES string of the molecule is O=C(O)CC1Sc2cc(F)ccc2N(Cc2nc3c(F)c(F)cc(F)c3s2)C1=O. The number of thioether (sulfide) groups is 1. The molecule has 4 rings (SSSR count). The zero-order chi connectivity index (χ0) is 20.9. The second-order valence-electron chi connectivity index (χ2n) is 6.18. The third kappa shape index (κ3) is 3.55. The van der Waals surface area contributed by atoms with Gasteiger partial charge >= 0.3 is 5.97 Å². The van der Waals surface area contributed by atoms with Crippen molar-refractivity contribution in [3.63, 3.8) is 0 Å². The highest BCUT2D eigenvalue weighted by molar-refractivity contribution is 8.01. The molecule has 2 heterocycles. The number of nitrogens with zero attached hydrogens (tertiary/aromatic N) is 2. The summed E-state index contributed by atoms with van der Waals surface area (Å²) in [6.45, 7) is -0.228. The quantitative estimate of drug-likeness (QED) is 0.481. The third-order valence-corrected chi connectivity index (χ3v) is 6.52. The molecule has 1 aliphatic rings. The standard InChI is InChI=1S/C18H10F4N2O3S2/c19-7-1-2-10-11(3-7)28-12(5-14(25)26)18(27)24(10)6-13-23-16-15(22)8(20)4-9(21)17(16)29-13/h1-4,12H,5-6H2,(H,25,26). The number of aliphatic carboxylic acids is 1. The monoisotopic (exact) mass is 442 g/mol. The van der Waals surface area contributed by atoms with Crippen molar-refractivity contribution in [2.24, 2.45) is 0 Å². The second kappa shape index (κ2) is 7.30. The maximum absolute atomic E-state index is 14.0. The Kier molecular flexibility index (Phi) is 4.95. The van der Waals surface area contributed by atoms with Gasteiger partial charge in [0.25, 0.3) is 0 Å². The van der Waals surface area contributed by atoms with Crippen LogP contribution in [-0.4, -0.2) is 27.2 Å². The molecule has 2 aromatic carbocycles. The van der Waals surface area contributed by atoms with Crippen LogP contribution in [0.2, 0.25) is 0 Å². The summed E-state index contributed by atoms with van der Waals surface area (Å²) in [5.41, 5.74) is -0.155. The number of benzene rings is 2. The normalized spacial score (nSPS) is 16.3. The summed E-state index contributed by atoms with van der Waals surface area (Å²) in [7, 11) is 0. The van der Waals surface area contributed by atoms with Crippen molar-refractivity contribution in [3.05, 3.63) is 52.5 Å². The fourth-order valence-corrected chi connectivity index (χ4v) is 5.18. The lowest BCUT2D eigenvalue weighted by Gasteiger charge is -2.32. The minimum Gasteiger partial charge on any atom is -0.481 e. The Morgan fingerprint density at radius 1 is 1.17 bits per heavy atom. The number of anilines is 1. The van der Waals surface area contributed by atoms with Crippen molar-refractivity contribution in [1.82, 2.24) is 4.98 Å². The summed E-state index contributed by atoms with van der Waals surface area (Å²) < 4.78 is 54.8. The van der Waals surface area contributed by atoms with Crippen molar-refractivity contribution >= 4 is 50.9 Å². The topological polar surface area (TPSA) is 70.5 Å². The molecule has 0 saturated carbocycles. The summed E-state index contributed by atoms with van der Waals surface area (Å²) in [6.07, 6.45) is -0.482. The average molecular weight is 442 g/mol. The fraction of sp³-hybridized carbons (Fsp3) is 0.167. The molecule has 1 aromatic heterocycles. The average Bonchev–Trinajstić information content (AvgIpc) is 3.07. The Morgan fingerprint density at radius 2 is 1.93 bits per heavy atom. The molecule has 11 heteroatoms. The molecule has 29 heavy (non-hydrogen) atoms. The Morgan fingerprint density at radius 3 is 2.66 bits per heavy atom. The molecule has 1 N–H and O–H groups in total. The van der Waals surface area contributed by atoms with Gasteiger partial charge in [-0.15, -0.1) is 23.1 Å². The van der Waals surface area contributed by atoms with Crippen molar-refractivity contribution in [3.8, 4) is 0 Å². The number of carboxylic acids is 1. The number of hydrogen-bond donors (Lipinski definition) is 1. The lowest BCUT2D eigenvalue weighted by atomic mass is 10.2. The number of fused-ring (bicyclic) bond motifs is 2. The molecule has 150 valence electrons. The van der Waals surface area contributed by atoms with E-state index < -0.39 is 52.3 Å². The molecule has 0 radical (unpaired) electrons. The molecule has 0 bridgehead atoms. The van der Waals surface area contributed by atoms with Gasteiger partial charge in [-0.3, -0.25) is 9.59 Å². The first-order valence-corrected chi connectivity index (χ1v) is 9.86. The van der Waals surface area contributed by atoms with Gasteiger partial charge in [0.1, 0.15) is 22.2 Å². The Hall–Kier alpha value is -2.66. The number of halogens is 4. The van der Waals surface area contributed by atoms with E-state index in [4.69, 9.17) is 5.11 Å². The number of carboxylic acid groups (broad SMARTS) is 1. The molecular weight excluding hydrogens is 432 g/mol. The molecule has 0 aliphatic carbocycles. The van der Waals surface area contributed by atoms with Gasteiger partial charge in [0.15, 0.2) is 11.6 Å². The predicted octanol–water partition coefficient (Wildman–Crippen LogP) is 4.33. The third-order valence-electron chi connectivity index (χ3n) is 4.24. The highest BCUT2D eigenvalue weighted by Gasteiger charge is 2.36. The zero-order valence-corrected chi connectivity index (χ0v) is 15.9. The first-order chi connectivity index (χ1) is 13.7. The summed E-state index contributed by atoms with van der Waals surface area (Å²) in [5.74, 6) is -5.96. The van der Waals surface area contributed by atoms with E-state index in [0.29, 0.717) is 16.6 Å². The van der Waals surface area contributed by atoms with Crippen LogP contribution in [0.25, 0.3) is 10.2 Å². The Labute approximate surface area is 169 Å². The molecule has 0 fully saturated rings. The summed E-state index contributed by atoms with van der Waals surface area (Å²) >= 11 is 1.69. The van der Waals surface area contributed by atoms with Crippen molar-refractivity contribution in [2.75, 3.05) is 4.90 Å². The number of rotatable bonds is 4. The molecular formula is C18H10F4N2O3S2. The van der Waals surface area contributed by atoms with Crippen LogP contribution in [0.5, 0.6) is 0 Å². The van der Waals surface area contributed by atoms with Gasteiger partial charge in [0, 0.05) is 11.0 Å². The number of hydrogen-bond acceptors (Lipinski definition) is 5. The van der Waals surface area contributed by atoms with Crippen molar-refractivity contribution < 1.29 is 32.3 Å². The van der Waals surface area contributed by atoms with Crippen LogP contribution in [0.3, 0.4) is 0 Å². The Bertz CT molecular complexity index is 1170. The smallest absolute Gasteiger partial charge is 0.305 e. The van der Waals surface area contributed by atoms with Gasteiger partial charge in [-0.05, 0) is 18.2 Å². The first-order valence-electron chi connectivity index (χ1n) is 8.17. The van der Waals surface area contributed by atoms with Crippen molar-refractivity contribution in [2.45, 2.75) is 23.1 Å². The minimum atomic E-state index is -1.38. The van der Waals surface area contributed by atoms with Crippen LogP contribution in [0.4, 0.5) is 23.2 Å². The summed E-state index contributed by atoms with van der Waals surface area (Å²) in [6, 6.07) is 4.11. The van der Waals surface area contributed by atoms with Crippen LogP contribution in [-0.2, 0) is 16.1 Å². The fourth-order valence-electron chi connectivity index (χ4n) is 2.98. The highest BCUT2D eigenvalue weighted by Crippen LogP contribution is 2.42. The maximum Gasteiger partial charge on any atom is 0.305 e. The van der Waals surface area contributed by atoms with Gasteiger partial charge in [0.2, 0.25) is 5.91 Å². The molecule has 1 unspecified atom stereocenters. The van der Waals surface area contributed by atoms with Crippen LogP contribution < -0.4 is 4.90 Å². The summed E-state index contributed by atoms with van der Waals surface area (Å²) in [5, 5.41) is 8.18.